The Labute approximate surface area is 232 Å². The van der Waals surface area contributed by atoms with E-state index in [1.54, 1.807) is 0 Å². The van der Waals surface area contributed by atoms with Crippen LogP contribution in [-0.2, 0) is 47.7 Å². The van der Waals surface area contributed by atoms with Crippen molar-refractivity contribution in [3.63, 3.8) is 0 Å². The lowest BCUT2D eigenvalue weighted by molar-refractivity contribution is -0.288. The van der Waals surface area contributed by atoms with Gasteiger partial charge in [0, 0.05) is 40.7 Å². The van der Waals surface area contributed by atoms with Crippen molar-refractivity contribution in [2.45, 2.75) is 65.3 Å². The average molecular weight is 580 g/mol. The van der Waals surface area contributed by atoms with E-state index in [1.165, 1.54) is 25.3 Å². The third-order valence-corrected chi connectivity index (χ3v) is 5.44. The summed E-state index contributed by atoms with van der Waals surface area (Å²) in [5, 5.41) is 0.247. The molecular formula is C26H28O15. The summed E-state index contributed by atoms with van der Waals surface area (Å²) in [6.45, 7) is 5.08. The Morgan fingerprint density at radius 1 is 0.780 bits per heavy atom. The van der Waals surface area contributed by atoms with Gasteiger partial charge in [-0.15, -0.1) is 0 Å². The van der Waals surface area contributed by atoms with Crippen molar-refractivity contribution in [1.29, 1.82) is 0 Å². The Bertz CT molecular complexity index is 1390. The second kappa shape index (κ2) is 13.1. The Kier molecular flexibility index (Phi) is 9.89. The van der Waals surface area contributed by atoms with Crippen LogP contribution in [0.15, 0.2) is 27.4 Å². The topological polar surface area (TPSA) is 189 Å². The first kappa shape index (κ1) is 30.9. The molecule has 3 rings (SSSR count). The molecule has 1 aliphatic rings. The molecule has 0 saturated carbocycles. The van der Waals surface area contributed by atoms with E-state index in [-0.39, 0.29) is 22.5 Å². The molecule has 0 radical (unpaired) electrons. The van der Waals surface area contributed by atoms with Crippen LogP contribution in [0.4, 0.5) is 0 Å². The maximum Gasteiger partial charge on any atom is 0.383 e. The second-order valence-corrected chi connectivity index (χ2v) is 8.69. The molecule has 2 aromatic rings. The quantitative estimate of drug-likeness (QED) is 0.233. The second-order valence-electron chi connectivity index (χ2n) is 8.69. The third-order valence-electron chi connectivity index (χ3n) is 5.44. The Morgan fingerprint density at radius 2 is 1.39 bits per heavy atom. The molecule has 5 atom stereocenters. The maximum atomic E-state index is 12.5. The summed E-state index contributed by atoms with van der Waals surface area (Å²) >= 11 is 0. The maximum absolute atomic E-state index is 12.5. The zero-order chi connectivity index (χ0) is 30.4. The van der Waals surface area contributed by atoms with E-state index in [9.17, 15) is 28.8 Å². The number of hydrogen-bond acceptors (Lipinski definition) is 15. The number of benzene rings is 1. The lowest BCUT2D eigenvalue weighted by Gasteiger charge is -2.43. The van der Waals surface area contributed by atoms with E-state index < -0.39 is 78.5 Å². The summed E-state index contributed by atoms with van der Waals surface area (Å²) < 4.78 is 48.4. The molecule has 0 spiro atoms. The number of hydrogen-bond donors (Lipinski definition) is 0. The van der Waals surface area contributed by atoms with E-state index in [1.807, 2.05) is 0 Å². The number of carbonyl (C=O) groups excluding carboxylic acids is 5. The number of esters is 5. The molecule has 2 heterocycles. The molecule has 41 heavy (non-hydrogen) atoms. The number of ether oxygens (including phenoxy) is 8. The molecule has 0 bridgehead atoms. The lowest BCUT2D eigenvalue weighted by Crippen LogP contribution is -2.63. The van der Waals surface area contributed by atoms with Gasteiger partial charge in [-0.2, -0.15) is 0 Å². The molecule has 0 N–H and O–H groups in total. The smallest absolute Gasteiger partial charge is 0.383 e. The van der Waals surface area contributed by atoms with Gasteiger partial charge in [0.05, 0.1) is 12.5 Å². The van der Waals surface area contributed by atoms with Crippen LogP contribution in [0.25, 0.3) is 11.0 Å². The summed E-state index contributed by atoms with van der Waals surface area (Å²) in [7, 11) is 1.27. The molecule has 0 aliphatic carbocycles. The van der Waals surface area contributed by atoms with Crippen LogP contribution in [0.3, 0.4) is 0 Å². The van der Waals surface area contributed by atoms with Gasteiger partial charge in [-0.25, -0.2) is 4.79 Å². The summed E-state index contributed by atoms with van der Waals surface area (Å²) in [5.41, 5.74) is -1.04. The van der Waals surface area contributed by atoms with Gasteiger partial charge in [-0.05, 0) is 12.1 Å². The van der Waals surface area contributed by atoms with Crippen molar-refractivity contribution in [2.75, 3.05) is 13.7 Å². The van der Waals surface area contributed by atoms with Crippen LogP contribution < -0.4 is 19.8 Å². The molecule has 222 valence electrons. The minimum Gasteiger partial charge on any atom is -0.492 e. The van der Waals surface area contributed by atoms with Crippen LogP contribution in [0.5, 0.6) is 17.2 Å². The standard InChI is InChI=1S/C26H28O15/c1-11(27)34-10-19-21(35-12(2)28)22(36-13(3)29)24(38-15(5)31)26(41-19)39-16-7-8-17-18(9-16)40-25(32)23(20(17)33-6)37-14(4)30/h7-9,19,21-22,24,26H,10H2,1-6H3/t19-,21-,22+,24-,26-/m1/s1. The van der Waals surface area contributed by atoms with Gasteiger partial charge < -0.3 is 42.3 Å². The minimum absolute atomic E-state index is 0.0174. The highest BCUT2D eigenvalue weighted by molar-refractivity contribution is 5.87. The normalized spacial score (nSPS) is 21.8. The van der Waals surface area contributed by atoms with Crippen LogP contribution >= 0.6 is 0 Å². The van der Waals surface area contributed by atoms with Gasteiger partial charge in [-0.3, -0.25) is 24.0 Å². The monoisotopic (exact) mass is 580 g/mol. The number of carbonyl (C=O) groups is 5. The van der Waals surface area contributed by atoms with E-state index in [0.717, 1.165) is 34.6 Å². The van der Waals surface area contributed by atoms with Gasteiger partial charge in [-0.1, -0.05) is 0 Å². The fraction of sp³-hybridized carbons (Fsp3) is 0.462. The highest BCUT2D eigenvalue weighted by atomic mass is 16.7. The predicted octanol–water partition coefficient (Wildman–Crippen LogP) is 1.19. The lowest BCUT2D eigenvalue weighted by atomic mass is 9.98. The zero-order valence-corrected chi connectivity index (χ0v) is 22.9. The largest absolute Gasteiger partial charge is 0.492 e. The minimum atomic E-state index is -1.51. The van der Waals surface area contributed by atoms with Crippen LogP contribution in [0.2, 0.25) is 0 Å². The van der Waals surface area contributed by atoms with Gasteiger partial charge in [0.2, 0.25) is 12.4 Å². The van der Waals surface area contributed by atoms with E-state index >= 15 is 0 Å². The molecule has 1 aliphatic heterocycles. The highest BCUT2D eigenvalue weighted by Crippen LogP contribution is 2.36. The van der Waals surface area contributed by atoms with Crippen molar-refractivity contribution in [2.24, 2.45) is 0 Å². The first-order chi connectivity index (χ1) is 19.3. The first-order valence-electron chi connectivity index (χ1n) is 12.1. The molecule has 1 aromatic carbocycles. The van der Waals surface area contributed by atoms with Gasteiger partial charge >= 0.3 is 35.5 Å². The average Bonchev–Trinajstić information content (AvgIpc) is 2.85. The fourth-order valence-electron chi connectivity index (χ4n) is 4.06. The molecule has 1 fully saturated rings. The number of methoxy groups -OCH3 is 1. The molecule has 1 saturated heterocycles. The predicted molar refractivity (Wildman–Crippen MR) is 133 cm³/mol. The van der Waals surface area contributed by atoms with Crippen molar-refractivity contribution >= 4 is 40.8 Å². The number of rotatable bonds is 9. The van der Waals surface area contributed by atoms with Crippen molar-refractivity contribution in [3.05, 3.63) is 28.6 Å². The first-order valence-corrected chi connectivity index (χ1v) is 12.1. The zero-order valence-electron chi connectivity index (χ0n) is 22.9. The van der Waals surface area contributed by atoms with Crippen molar-refractivity contribution < 1.29 is 66.3 Å². The summed E-state index contributed by atoms with van der Waals surface area (Å²) in [4.78, 5) is 71.3. The molecule has 15 heteroatoms. The van der Waals surface area contributed by atoms with Crippen LogP contribution in [-0.4, -0.2) is 74.3 Å². The van der Waals surface area contributed by atoms with Crippen LogP contribution in [0.1, 0.15) is 34.6 Å². The van der Waals surface area contributed by atoms with Crippen molar-refractivity contribution in [3.8, 4) is 17.2 Å². The Hall–Kier alpha value is -4.66. The summed E-state index contributed by atoms with van der Waals surface area (Å²) in [5.74, 6) is -4.33. The van der Waals surface area contributed by atoms with Gasteiger partial charge in [0.25, 0.3) is 5.75 Å². The molecule has 0 amide bonds. The van der Waals surface area contributed by atoms with Gasteiger partial charge in [0.1, 0.15) is 24.0 Å². The SMILES string of the molecule is COc1c(OC(C)=O)c(=O)oc2cc(O[C@@H]3O[C@H](COC(C)=O)[C@@H](OC(C)=O)[C@H](OC(C)=O)[C@H]3OC(C)=O)ccc12. The van der Waals surface area contributed by atoms with E-state index in [2.05, 4.69) is 0 Å². The van der Waals surface area contributed by atoms with Gasteiger partial charge in [0.15, 0.2) is 18.0 Å². The summed E-state index contributed by atoms with van der Waals surface area (Å²) in [6, 6.07) is 4.13. The number of fused-ring (bicyclic) bond motifs is 1. The molecule has 0 unspecified atom stereocenters. The Balaban J connectivity index is 2.06. The third kappa shape index (κ3) is 7.72. The molecule has 15 nitrogen and oxygen atoms in total. The molecular weight excluding hydrogens is 552 g/mol. The highest BCUT2D eigenvalue weighted by Gasteiger charge is 2.53. The summed E-state index contributed by atoms with van der Waals surface area (Å²) in [6.07, 6.45) is -7.02. The van der Waals surface area contributed by atoms with Crippen molar-refractivity contribution in [1.82, 2.24) is 0 Å². The molecule has 1 aromatic heterocycles. The van der Waals surface area contributed by atoms with E-state index in [0.29, 0.717) is 0 Å². The fourth-order valence-corrected chi connectivity index (χ4v) is 4.06. The Morgan fingerprint density at radius 3 is 1.95 bits per heavy atom. The van der Waals surface area contributed by atoms with E-state index in [4.69, 9.17) is 42.3 Å². The van der Waals surface area contributed by atoms with Crippen LogP contribution in [0, 0.1) is 0 Å².